The standard InChI is InChI=1S/C20H22N2O4/c1-24-19-11-16(12-21-26-14-20(23)22-17-8-9-17)7-10-18(19)25-13-15-5-3-2-4-6-15/h2-7,10-12,17H,8-9,13-14H2,1H3,(H,22,23)/b21-12-. The second-order valence-corrected chi connectivity index (χ2v) is 6.03. The maximum absolute atomic E-state index is 11.5. The maximum atomic E-state index is 11.5. The van der Waals surface area contributed by atoms with Gasteiger partial charge in [0.05, 0.1) is 13.3 Å². The highest BCUT2D eigenvalue weighted by Crippen LogP contribution is 2.28. The van der Waals surface area contributed by atoms with E-state index >= 15 is 0 Å². The average molecular weight is 354 g/mol. The van der Waals surface area contributed by atoms with Crippen LogP contribution in [-0.2, 0) is 16.2 Å². The Labute approximate surface area is 152 Å². The zero-order chi connectivity index (χ0) is 18.2. The average Bonchev–Trinajstić information content (AvgIpc) is 3.48. The van der Waals surface area contributed by atoms with Crippen molar-refractivity contribution in [3.05, 3.63) is 59.7 Å². The van der Waals surface area contributed by atoms with Gasteiger partial charge >= 0.3 is 0 Å². The molecule has 2 aromatic rings. The third-order valence-corrected chi connectivity index (χ3v) is 3.84. The van der Waals surface area contributed by atoms with Crippen molar-refractivity contribution in [1.82, 2.24) is 5.32 Å². The molecule has 1 aliphatic rings. The summed E-state index contributed by atoms with van der Waals surface area (Å²) < 4.78 is 11.2. The molecule has 0 aliphatic heterocycles. The van der Waals surface area contributed by atoms with Crippen molar-refractivity contribution >= 4 is 12.1 Å². The molecule has 1 aliphatic carbocycles. The van der Waals surface area contributed by atoms with Crippen LogP contribution < -0.4 is 14.8 Å². The summed E-state index contributed by atoms with van der Waals surface area (Å²) >= 11 is 0. The van der Waals surface area contributed by atoms with Gasteiger partial charge in [-0.25, -0.2) is 0 Å². The van der Waals surface area contributed by atoms with Crippen molar-refractivity contribution in [3.8, 4) is 11.5 Å². The number of hydrogen-bond acceptors (Lipinski definition) is 5. The first-order valence-electron chi connectivity index (χ1n) is 8.54. The van der Waals surface area contributed by atoms with Gasteiger partial charge in [0.1, 0.15) is 6.61 Å². The number of benzene rings is 2. The Hall–Kier alpha value is -3.02. The Morgan fingerprint density at radius 1 is 1.19 bits per heavy atom. The number of oxime groups is 1. The van der Waals surface area contributed by atoms with Gasteiger partial charge in [0, 0.05) is 11.6 Å². The number of methoxy groups -OCH3 is 1. The Kier molecular flexibility index (Phi) is 6.09. The van der Waals surface area contributed by atoms with Gasteiger partial charge in [-0.05, 0) is 36.6 Å². The lowest BCUT2D eigenvalue weighted by molar-refractivity contribution is -0.125. The Bertz CT molecular complexity index is 758. The lowest BCUT2D eigenvalue weighted by atomic mass is 10.2. The minimum Gasteiger partial charge on any atom is -0.493 e. The maximum Gasteiger partial charge on any atom is 0.260 e. The lowest BCUT2D eigenvalue weighted by Crippen LogP contribution is -2.28. The number of rotatable bonds is 9. The number of amides is 1. The van der Waals surface area contributed by atoms with Crippen LogP contribution in [0.1, 0.15) is 24.0 Å². The van der Waals surface area contributed by atoms with Crippen LogP contribution in [0.4, 0.5) is 0 Å². The summed E-state index contributed by atoms with van der Waals surface area (Å²) in [5, 5.41) is 6.66. The van der Waals surface area contributed by atoms with E-state index in [-0.39, 0.29) is 12.5 Å². The number of carbonyl (C=O) groups is 1. The summed E-state index contributed by atoms with van der Waals surface area (Å²) in [5.74, 6) is 1.11. The van der Waals surface area contributed by atoms with Crippen LogP contribution in [0.15, 0.2) is 53.7 Å². The summed E-state index contributed by atoms with van der Waals surface area (Å²) in [6.07, 6.45) is 3.63. The topological polar surface area (TPSA) is 69.2 Å². The van der Waals surface area contributed by atoms with Gasteiger partial charge < -0.3 is 19.6 Å². The van der Waals surface area contributed by atoms with Gasteiger partial charge in [-0.1, -0.05) is 35.5 Å². The van der Waals surface area contributed by atoms with Crippen molar-refractivity contribution in [3.63, 3.8) is 0 Å². The molecule has 26 heavy (non-hydrogen) atoms. The second kappa shape index (κ2) is 8.89. The van der Waals surface area contributed by atoms with E-state index in [2.05, 4.69) is 10.5 Å². The minimum absolute atomic E-state index is 0.0809. The van der Waals surface area contributed by atoms with Gasteiger partial charge in [-0.2, -0.15) is 0 Å². The molecule has 0 spiro atoms. The molecule has 0 bridgehead atoms. The van der Waals surface area contributed by atoms with Crippen LogP contribution in [0.5, 0.6) is 11.5 Å². The molecule has 136 valence electrons. The van der Waals surface area contributed by atoms with E-state index < -0.39 is 0 Å². The molecular weight excluding hydrogens is 332 g/mol. The van der Waals surface area contributed by atoms with Gasteiger partial charge in [-0.15, -0.1) is 0 Å². The first-order valence-corrected chi connectivity index (χ1v) is 8.54. The highest BCUT2D eigenvalue weighted by atomic mass is 16.6. The second-order valence-electron chi connectivity index (χ2n) is 6.03. The van der Waals surface area contributed by atoms with Crippen molar-refractivity contribution < 1.29 is 19.1 Å². The fourth-order valence-corrected chi connectivity index (χ4v) is 2.31. The molecule has 0 unspecified atom stereocenters. The van der Waals surface area contributed by atoms with Gasteiger partial charge in [0.15, 0.2) is 18.1 Å². The molecule has 1 amide bonds. The molecule has 1 fully saturated rings. The molecule has 0 aromatic heterocycles. The van der Waals surface area contributed by atoms with Gasteiger partial charge in [0.2, 0.25) is 0 Å². The smallest absolute Gasteiger partial charge is 0.260 e. The molecule has 3 rings (SSSR count). The summed E-state index contributed by atoms with van der Waals surface area (Å²) in [5.41, 5.74) is 1.87. The van der Waals surface area contributed by atoms with Crippen molar-refractivity contribution in [2.24, 2.45) is 5.16 Å². The Balaban J connectivity index is 1.51. The summed E-state index contributed by atoms with van der Waals surface area (Å²) in [7, 11) is 1.59. The molecular formula is C20H22N2O4. The van der Waals surface area contributed by atoms with Crippen molar-refractivity contribution in [2.45, 2.75) is 25.5 Å². The van der Waals surface area contributed by atoms with E-state index in [0.29, 0.717) is 24.1 Å². The highest BCUT2D eigenvalue weighted by Gasteiger charge is 2.23. The Morgan fingerprint density at radius 2 is 2.00 bits per heavy atom. The first-order chi connectivity index (χ1) is 12.7. The predicted molar refractivity (Wildman–Crippen MR) is 98.5 cm³/mol. The Morgan fingerprint density at radius 3 is 2.73 bits per heavy atom. The highest BCUT2D eigenvalue weighted by molar-refractivity contribution is 5.81. The van der Waals surface area contributed by atoms with Crippen molar-refractivity contribution in [1.29, 1.82) is 0 Å². The third kappa shape index (κ3) is 5.51. The number of nitrogens with one attached hydrogen (secondary N) is 1. The zero-order valence-corrected chi connectivity index (χ0v) is 14.7. The zero-order valence-electron chi connectivity index (χ0n) is 14.7. The molecule has 6 heteroatoms. The molecule has 0 heterocycles. The van der Waals surface area contributed by atoms with E-state index in [9.17, 15) is 4.79 Å². The number of ether oxygens (including phenoxy) is 2. The quantitative estimate of drug-likeness (QED) is 0.555. The third-order valence-electron chi connectivity index (χ3n) is 3.84. The molecule has 2 aromatic carbocycles. The molecule has 1 saturated carbocycles. The SMILES string of the molecule is COc1cc(/C=N\OCC(=O)NC2CC2)ccc1OCc1ccccc1. The predicted octanol–water partition coefficient (Wildman–Crippen LogP) is 2.90. The van der Waals surface area contributed by atoms with Gasteiger partial charge in [0.25, 0.3) is 5.91 Å². The minimum atomic E-state index is -0.146. The summed E-state index contributed by atoms with van der Waals surface area (Å²) in [6, 6.07) is 15.7. The lowest BCUT2D eigenvalue weighted by Gasteiger charge is -2.11. The summed E-state index contributed by atoms with van der Waals surface area (Å²) in [4.78, 5) is 16.5. The monoisotopic (exact) mass is 354 g/mol. The van der Waals surface area contributed by atoms with Crippen LogP contribution in [0.3, 0.4) is 0 Å². The molecule has 0 atom stereocenters. The van der Waals surface area contributed by atoms with Crippen LogP contribution >= 0.6 is 0 Å². The largest absolute Gasteiger partial charge is 0.493 e. The van der Waals surface area contributed by atoms with Crippen LogP contribution in [0.2, 0.25) is 0 Å². The van der Waals surface area contributed by atoms with E-state index in [1.807, 2.05) is 42.5 Å². The van der Waals surface area contributed by atoms with E-state index in [0.717, 1.165) is 24.0 Å². The normalized spacial score (nSPS) is 13.4. The van der Waals surface area contributed by atoms with Crippen molar-refractivity contribution in [2.75, 3.05) is 13.7 Å². The van der Waals surface area contributed by atoms with Crippen LogP contribution in [0, 0.1) is 0 Å². The molecule has 6 nitrogen and oxygen atoms in total. The fraction of sp³-hybridized carbons (Fsp3) is 0.300. The molecule has 0 radical (unpaired) electrons. The van der Waals surface area contributed by atoms with E-state index in [1.165, 1.54) is 6.21 Å². The van der Waals surface area contributed by atoms with E-state index in [1.54, 1.807) is 13.2 Å². The fourth-order valence-electron chi connectivity index (χ4n) is 2.31. The van der Waals surface area contributed by atoms with Crippen LogP contribution in [-0.4, -0.2) is 31.9 Å². The number of hydrogen-bond donors (Lipinski definition) is 1. The molecule has 0 saturated heterocycles. The number of nitrogens with zero attached hydrogens (tertiary/aromatic N) is 1. The van der Waals surface area contributed by atoms with Gasteiger partial charge in [-0.3, -0.25) is 4.79 Å². The van der Waals surface area contributed by atoms with E-state index in [4.69, 9.17) is 14.3 Å². The number of carbonyl (C=O) groups excluding carboxylic acids is 1. The van der Waals surface area contributed by atoms with Crippen LogP contribution in [0.25, 0.3) is 0 Å². The summed E-state index contributed by atoms with van der Waals surface area (Å²) in [6.45, 7) is 0.381. The molecule has 1 N–H and O–H groups in total. The first kappa shape index (κ1) is 17.8.